The zero-order valence-electron chi connectivity index (χ0n) is 10.7. The number of benzene rings is 1. The standard InChI is InChI=1S/C14H16F3NO/c1-9-2-3-12-10(6-9)7-11(19-12)8-18-13(4-5-13)14(15,16)17/h2-3,6,11,18H,4-5,7-8H2,1H3. The summed E-state index contributed by atoms with van der Waals surface area (Å²) in [6.07, 6.45) is -3.33. The van der Waals surface area contributed by atoms with Gasteiger partial charge in [0.2, 0.25) is 0 Å². The summed E-state index contributed by atoms with van der Waals surface area (Å²) in [5.74, 6) is 0.800. The number of ether oxygens (including phenoxy) is 1. The molecular formula is C14H16F3NO. The van der Waals surface area contributed by atoms with Crippen molar-refractivity contribution in [3.05, 3.63) is 29.3 Å². The van der Waals surface area contributed by atoms with E-state index in [-0.39, 0.29) is 25.5 Å². The van der Waals surface area contributed by atoms with E-state index in [0.717, 1.165) is 16.9 Å². The van der Waals surface area contributed by atoms with Gasteiger partial charge >= 0.3 is 6.18 Å². The summed E-state index contributed by atoms with van der Waals surface area (Å²) in [6.45, 7) is 2.24. The van der Waals surface area contributed by atoms with E-state index in [1.807, 2.05) is 25.1 Å². The second kappa shape index (κ2) is 4.13. The fourth-order valence-electron chi connectivity index (χ4n) is 2.56. The van der Waals surface area contributed by atoms with E-state index < -0.39 is 11.7 Å². The van der Waals surface area contributed by atoms with Crippen molar-refractivity contribution in [2.24, 2.45) is 0 Å². The Kier molecular flexibility index (Phi) is 2.78. The third kappa shape index (κ3) is 2.31. The number of hydrogen-bond donors (Lipinski definition) is 1. The molecule has 1 heterocycles. The van der Waals surface area contributed by atoms with E-state index >= 15 is 0 Å². The minimum atomic E-state index is -4.16. The highest BCUT2D eigenvalue weighted by Gasteiger charge is 2.63. The highest BCUT2D eigenvalue weighted by Crippen LogP contribution is 2.49. The van der Waals surface area contributed by atoms with Crippen molar-refractivity contribution in [2.75, 3.05) is 6.54 Å². The maximum Gasteiger partial charge on any atom is 0.406 e. The van der Waals surface area contributed by atoms with Gasteiger partial charge in [-0.15, -0.1) is 0 Å². The molecule has 5 heteroatoms. The second-order valence-electron chi connectivity index (χ2n) is 5.52. The third-order valence-corrected chi connectivity index (χ3v) is 3.92. The summed E-state index contributed by atoms with van der Waals surface area (Å²) in [5, 5.41) is 2.65. The van der Waals surface area contributed by atoms with Crippen LogP contribution in [0.1, 0.15) is 24.0 Å². The van der Waals surface area contributed by atoms with Crippen LogP contribution in [0.4, 0.5) is 13.2 Å². The lowest BCUT2D eigenvalue weighted by Crippen LogP contribution is -2.48. The van der Waals surface area contributed by atoms with Gasteiger partial charge in [0.05, 0.1) is 0 Å². The topological polar surface area (TPSA) is 21.3 Å². The number of rotatable bonds is 3. The zero-order chi connectivity index (χ0) is 13.7. The van der Waals surface area contributed by atoms with Crippen LogP contribution in [0, 0.1) is 6.92 Å². The average Bonchev–Trinajstić information content (AvgIpc) is 3.01. The normalized spacial score (nSPS) is 23.9. The van der Waals surface area contributed by atoms with Crippen molar-refractivity contribution in [1.82, 2.24) is 5.32 Å². The van der Waals surface area contributed by atoms with Crippen molar-refractivity contribution in [2.45, 2.75) is 44.0 Å². The van der Waals surface area contributed by atoms with Gasteiger partial charge < -0.3 is 4.74 Å². The molecule has 0 radical (unpaired) electrons. The molecule has 1 N–H and O–H groups in total. The van der Waals surface area contributed by atoms with Gasteiger partial charge in [0.15, 0.2) is 0 Å². The predicted octanol–water partition coefficient (Wildman–Crippen LogP) is 2.98. The molecule has 0 aromatic heterocycles. The maximum absolute atomic E-state index is 12.8. The Balaban J connectivity index is 1.60. The van der Waals surface area contributed by atoms with Gasteiger partial charge in [-0.2, -0.15) is 13.2 Å². The first kappa shape index (κ1) is 12.8. The third-order valence-electron chi connectivity index (χ3n) is 3.92. The summed E-state index contributed by atoms with van der Waals surface area (Å²) < 4.78 is 44.0. The molecule has 1 aliphatic carbocycles. The first-order valence-corrected chi connectivity index (χ1v) is 6.48. The van der Waals surface area contributed by atoms with Crippen molar-refractivity contribution in [1.29, 1.82) is 0 Å². The molecule has 0 saturated heterocycles. The highest BCUT2D eigenvalue weighted by atomic mass is 19.4. The predicted molar refractivity (Wildman–Crippen MR) is 65.3 cm³/mol. The fourth-order valence-corrected chi connectivity index (χ4v) is 2.56. The van der Waals surface area contributed by atoms with E-state index in [9.17, 15) is 13.2 Å². The monoisotopic (exact) mass is 271 g/mol. The lowest BCUT2D eigenvalue weighted by Gasteiger charge is -2.22. The molecule has 1 atom stereocenters. The van der Waals surface area contributed by atoms with Gasteiger partial charge in [0.1, 0.15) is 17.4 Å². The van der Waals surface area contributed by atoms with Crippen LogP contribution in [-0.2, 0) is 6.42 Å². The van der Waals surface area contributed by atoms with Crippen LogP contribution in [0.3, 0.4) is 0 Å². The Hall–Kier alpha value is -1.23. The molecule has 2 aliphatic rings. The number of hydrogen-bond acceptors (Lipinski definition) is 2. The van der Waals surface area contributed by atoms with E-state index in [0.29, 0.717) is 6.42 Å². The van der Waals surface area contributed by atoms with E-state index in [2.05, 4.69) is 5.32 Å². The Morgan fingerprint density at radius 1 is 1.37 bits per heavy atom. The number of aryl methyl sites for hydroxylation is 1. The molecule has 1 aliphatic heterocycles. The molecule has 0 amide bonds. The Labute approximate surface area is 109 Å². The summed E-state index contributed by atoms with van der Waals surface area (Å²) in [5.41, 5.74) is 0.578. The Morgan fingerprint density at radius 3 is 2.74 bits per heavy atom. The number of fused-ring (bicyclic) bond motifs is 1. The molecule has 104 valence electrons. The summed E-state index contributed by atoms with van der Waals surface area (Å²) in [6, 6.07) is 5.88. The molecule has 2 nitrogen and oxygen atoms in total. The summed E-state index contributed by atoms with van der Waals surface area (Å²) in [7, 11) is 0. The van der Waals surface area contributed by atoms with Crippen LogP contribution < -0.4 is 10.1 Å². The van der Waals surface area contributed by atoms with Crippen LogP contribution in [0.15, 0.2) is 18.2 Å². The van der Waals surface area contributed by atoms with Crippen LogP contribution in [0.2, 0.25) is 0 Å². The molecule has 0 bridgehead atoms. The van der Waals surface area contributed by atoms with Gasteiger partial charge in [-0.25, -0.2) is 0 Å². The summed E-state index contributed by atoms with van der Waals surface area (Å²) in [4.78, 5) is 0. The van der Waals surface area contributed by atoms with E-state index in [1.54, 1.807) is 0 Å². The zero-order valence-corrected chi connectivity index (χ0v) is 10.7. The number of alkyl halides is 3. The van der Waals surface area contributed by atoms with E-state index in [4.69, 9.17) is 4.74 Å². The quantitative estimate of drug-likeness (QED) is 0.912. The van der Waals surface area contributed by atoms with Gasteiger partial charge in [-0.05, 0) is 31.4 Å². The van der Waals surface area contributed by atoms with Gasteiger partial charge in [0.25, 0.3) is 0 Å². The molecule has 1 aromatic carbocycles. The molecule has 0 spiro atoms. The average molecular weight is 271 g/mol. The number of nitrogens with one attached hydrogen (secondary N) is 1. The van der Waals surface area contributed by atoms with Crippen molar-refractivity contribution in [3.63, 3.8) is 0 Å². The second-order valence-corrected chi connectivity index (χ2v) is 5.52. The molecule has 1 unspecified atom stereocenters. The van der Waals surface area contributed by atoms with Gasteiger partial charge in [0, 0.05) is 13.0 Å². The van der Waals surface area contributed by atoms with Crippen molar-refractivity contribution < 1.29 is 17.9 Å². The fraction of sp³-hybridized carbons (Fsp3) is 0.571. The maximum atomic E-state index is 12.8. The molecule has 3 rings (SSSR count). The largest absolute Gasteiger partial charge is 0.488 e. The van der Waals surface area contributed by atoms with Crippen molar-refractivity contribution in [3.8, 4) is 5.75 Å². The SMILES string of the molecule is Cc1ccc2c(c1)CC(CNC1(C(F)(F)F)CC1)O2. The molecule has 19 heavy (non-hydrogen) atoms. The molecule has 1 saturated carbocycles. The smallest absolute Gasteiger partial charge is 0.406 e. The molecule has 1 aromatic rings. The summed E-state index contributed by atoms with van der Waals surface area (Å²) >= 11 is 0. The van der Waals surface area contributed by atoms with Gasteiger partial charge in [-0.3, -0.25) is 5.32 Å². The Bertz CT molecular complexity index is 494. The van der Waals surface area contributed by atoms with Crippen LogP contribution in [0.5, 0.6) is 5.75 Å². The van der Waals surface area contributed by atoms with Crippen LogP contribution in [-0.4, -0.2) is 24.4 Å². The highest BCUT2D eigenvalue weighted by molar-refractivity contribution is 5.40. The first-order valence-electron chi connectivity index (χ1n) is 6.48. The van der Waals surface area contributed by atoms with Crippen LogP contribution in [0.25, 0.3) is 0 Å². The first-order chi connectivity index (χ1) is 8.90. The van der Waals surface area contributed by atoms with E-state index in [1.165, 1.54) is 0 Å². The van der Waals surface area contributed by atoms with Crippen molar-refractivity contribution >= 4 is 0 Å². The van der Waals surface area contributed by atoms with Gasteiger partial charge in [-0.1, -0.05) is 17.7 Å². The minimum Gasteiger partial charge on any atom is -0.488 e. The molecular weight excluding hydrogens is 255 g/mol. The minimum absolute atomic E-state index is 0.176. The lowest BCUT2D eigenvalue weighted by atomic mass is 10.1. The lowest BCUT2D eigenvalue weighted by molar-refractivity contribution is -0.166. The number of halogens is 3. The Morgan fingerprint density at radius 2 is 2.11 bits per heavy atom. The molecule has 1 fully saturated rings. The van der Waals surface area contributed by atoms with Crippen LogP contribution >= 0.6 is 0 Å².